The third-order valence-electron chi connectivity index (χ3n) is 8.38. The molecule has 2 amide bonds. The quantitative estimate of drug-likeness (QED) is 0.200. The monoisotopic (exact) mass is 622 g/mol. The average Bonchev–Trinajstić information content (AvgIpc) is 3.04. The van der Waals surface area contributed by atoms with Crippen molar-refractivity contribution in [3.8, 4) is 11.5 Å². The minimum atomic E-state index is -0.874. The summed E-state index contributed by atoms with van der Waals surface area (Å²) < 4.78 is 17.0. The smallest absolute Gasteiger partial charge is 0.329 e. The highest BCUT2D eigenvalue weighted by molar-refractivity contribution is 6.38. The number of anilines is 1. The molecule has 1 saturated heterocycles. The highest BCUT2D eigenvalue weighted by Gasteiger charge is 2.41. The molecule has 244 valence electrons. The Bertz CT molecular complexity index is 1390. The number of nitrogens with one attached hydrogen (secondary N) is 1. The number of amides is 2. The molecule has 1 fully saturated rings. The van der Waals surface area contributed by atoms with Crippen LogP contribution in [0.3, 0.4) is 0 Å². The van der Waals surface area contributed by atoms with Crippen molar-refractivity contribution in [2.24, 2.45) is 5.41 Å². The van der Waals surface area contributed by atoms with Gasteiger partial charge < -0.3 is 29.2 Å². The van der Waals surface area contributed by atoms with E-state index >= 15 is 0 Å². The minimum Gasteiger partial charge on any atom is -0.493 e. The van der Waals surface area contributed by atoms with Crippen molar-refractivity contribution in [3.05, 3.63) is 53.6 Å². The lowest BCUT2D eigenvalue weighted by Gasteiger charge is -2.36. The number of carbonyl (C=O) groups excluding carboxylic acids is 5. The molecule has 0 bridgehead atoms. The zero-order chi connectivity index (χ0) is 33.1. The molecule has 10 nitrogen and oxygen atoms in total. The van der Waals surface area contributed by atoms with E-state index in [-0.39, 0.29) is 24.5 Å². The maximum Gasteiger partial charge on any atom is 0.329 e. The fourth-order valence-corrected chi connectivity index (χ4v) is 5.18. The lowest BCUT2D eigenvalue weighted by atomic mass is 9.84. The van der Waals surface area contributed by atoms with Gasteiger partial charge in [0.2, 0.25) is 11.7 Å². The van der Waals surface area contributed by atoms with Crippen LogP contribution in [0.4, 0.5) is 5.69 Å². The van der Waals surface area contributed by atoms with E-state index in [1.807, 2.05) is 31.2 Å². The fraction of sp³-hybridized carbons (Fsp3) is 0.514. The standard InChI is InChI=1S/C35H46N2O8/c1-7-35(3,4)32(40)33(41)37-20-9-8-13-27(37)34(42)45-28(17-15-24-16-18-29(43-5)30(21-24)44-6)25-11-10-12-26(22-25)36-31(39)19-14-23(2)38/h10-12,16,18,21-22,27-28H,7-9,13-15,17,19-20H2,1-6H3,(H,36,39). The SMILES string of the molecule is CCC(C)(C)C(=O)C(=O)N1CCCCC1C(=O)OC(CCc1ccc(OC)c(OC)c1)c1cccc(NC(=O)CCC(C)=O)c1. The first-order valence-electron chi connectivity index (χ1n) is 15.6. The van der Waals surface area contributed by atoms with E-state index in [9.17, 15) is 24.0 Å². The van der Waals surface area contributed by atoms with Gasteiger partial charge in [-0.25, -0.2) is 4.79 Å². The topological polar surface area (TPSA) is 128 Å². The molecule has 0 spiro atoms. The maximum absolute atomic E-state index is 13.8. The number of rotatable bonds is 15. The second-order valence-electron chi connectivity index (χ2n) is 12.1. The number of esters is 1. The molecule has 2 aromatic carbocycles. The number of benzene rings is 2. The van der Waals surface area contributed by atoms with Crippen molar-refractivity contribution >= 4 is 35.0 Å². The van der Waals surface area contributed by atoms with Gasteiger partial charge in [-0.05, 0) is 80.8 Å². The Morgan fingerprint density at radius 1 is 0.978 bits per heavy atom. The predicted octanol–water partition coefficient (Wildman–Crippen LogP) is 5.62. The van der Waals surface area contributed by atoms with Gasteiger partial charge in [0.05, 0.1) is 14.2 Å². The summed E-state index contributed by atoms with van der Waals surface area (Å²) in [6.07, 6.45) is 2.73. The normalized spacial score (nSPS) is 15.5. The molecule has 10 heteroatoms. The number of carbonyl (C=O) groups is 5. The molecule has 1 aliphatic rings. The van der Waals surface area contributed by atoms with Crippen LogP contribution >= 0.6 is 0 Å². The van der Waals surface area contributed by atoms with Gasteiger partial charge in [-0.3, -0.25) is 14.4 Å². The second-order valence-corrected chi connectivity index (χ2v) is 12.1. The highest BCUT2D eigenvalue weighted by Crippen LogP contribution is 2.32. The largest absolute Gasteiger partial charge is 0.493 e. The molecule has 2 atom stereocenters. The van der Waals surface area contributed by atoms with E-state index in [4.69, 9.17) is 14.2 Å². The third-order valence-corrected chi connectivity index (χ3v) is 8.38. The van der Waals surface area contributed by atoms with Crippen molar-refractivity contribution < 1.29 is 38.2 Å². The van der Waals surface area contributed by atoms with Crippen molar-refractivity contribution in [3.63, 3.8) is 0 Å². The van der Waals surface area contributed by atoms with Crippen LogP contribution in [0.25, 0.3) is 0 Å². The first kappa shape index (κ1) is 35.3. The van der Waals surface area contributed by atoms with Gasteiger partial charge in [-0.1, -0.05) is 39.0 Å². The molecule has 0 aromatic heterocycles. The van der Waals surface area contributed by atoms with E-state index in [0.717, 1.165) is 12.0 Å². The summed E-state index contributed by atoms with van der Waals surface area (Å²) in [4.78, 5) is 65.3. The van der Waals surface area contributed by atoms with Crippen LogP contribution in [-0.4, -0.2) is 61.1 Å². The van der Waals surface area contributed by atoms with Gasteiger partial charge in [-0.2, -0.15) is 0 Å². The molecule has 45 heavy (non-hydrogen) atoms. The number of hydrogen-bond acceptors (Lipinski definition) is 8. The molecule has 0 saturated carbocycles. The first-order chi connectivity index (χ1) is 21.4. The number of piperidine rings is 1. The van der Waals surface area contributed by atoms with Crippen LogP contribution in [0.2, 0.25) is 0 Å². The number of ether oxygens (including phenoxy) is 3. The Kier molecular flexibility index (Phi) is 12.7. The zero-order valence-corrected chi connectivity index (χ0v) is 27.3. The summed E-state index contributed by atoms with van der Waals surface area (Å²) in [7, 11) is 3.13. The Hall–Kier alpha value is -4.21. The Morgan fingerprint density at radius 2 is 1.71 bits per heavy atom. The van der Waals surface area contributed by atoms with E-state index in [2.05, 4.69) is 5.32 Å². The molecule has 2 aromatic rings. The van der Waals surface area contributed by atoms with E-state index < -0.39 is 35.2 Å². The Balaban J connectivity index is 1.88. The van der Waals surface area contributed by atoms with Gasteiger partial charge in [-0.15, -0.1) is 0 Å². The number of Topliss-reactive ketones (excluding diaryl/α,β-unsaturated/α-hetero) is 2. The lowest BCUT2D eigenvalue weighted by molar-refractivity contribution is -0.164. The summed E-state index contributed by atoms with van der Waals surface area (Å²) in [6, 6.07) is 11.8. The van der Waals surface area contributed by atoms with Crippen LogP contribution in [0, 0.1) is 5.41 Å². The summed E-state index contributed by atoms with van der Waals surface area (Å²) >= 11 is 0. The summed E-state index contributed by atoms with van der Waals surface area (Å²) in [6.45, 7) is 7.08. The molecule has 0 radical (unpaired) electrons. The minimum absolute atomic E-state index is 0.0659. The van der Waals surface area contributed by atoms with Gasteiger partial charge in [0.1, 0.15) is 17.9 Å². The fourth-order valence-electron chi connectivity index (χ4n) is 5.18. The average molecular weight is 623 g/mol. The summed E-state index contributed by atoms with van der Waals surface area (Å²) in [5.41, 5.74) is 1.27. The highest BCUT2D eigenvalue weighted by atomic mass is 16.5. The third kappa shape index (κ3) is 9.64. The molecule has 0 aliphatic carbocycles. The van der Waals surface area contributed by atoms with E-state index in [1.54, 1.807) is 46.3 Å². The lowest BCUT2D eigenvalue weighted by Crippen LogP contribution is -2.53. The van der Waals surface area contributed by atoms with Crippen molar-refractivity contribution in [1.82, 2.24) is 4.90 Å². The summed E-state index contributed by atoms with van der Waals surface area (Å²) in [5.74, 6) is -0.925. The van der Waals surface area contributed by atoms with Crippen molar-refractivity contribution in [1.29, 1.82) is 0 Å². The van der Waals surface area contributed by atoms with Crippen molar-refractivity contribution in [2.75, 3.05) is 26.1 Å². The molecular formula is C35H46N2O8. The second kappa shape index (κ2) is 16.2. The van der Waals surface area contributed by atoms with Crippen LogP contribution in [-0.2, 0) is 35.1 Å². The van der Waals surface area contributed by atoms with Gasteiger partial charge in [0.15, 0.2) is 11.5 Å². The van der Waals surface area contributed by atoms with Gasteiger partial charge >= 0.3 is 5.97 Å². The van der Waals surface area contributed by atoms with Gasteiger partial charge in [0.25, 0.3) is 5.91 Å². The number of likely N-dealkylation sites (tertiary alicyclic amines) is 1. The maximum atomic E-state index is 13.8. The van der Waals surface area contributed by atoms with Crippen LogP contribution < -0.4 is 14.8 Å². The molecule has 2 unspecified atom stereocenters. The van der Waals surface area contributed by atoms with Crippen molar-refractivity contribution in [2.45, 2.75) is 91.2 Å². The van der Waals surface area contributed by atoms with Crippen LogP contribution in [0.1, 0.15) is 89.9 Å². The van der Waals surface area contributed by atoms with E-state index in [0.29, 0.717) is 61.4 Å². The number of nitrogens with zero attached hydrogens (tertiary/aromatic N) is 1. The first-order valence-corrected chi connectivity index (χ1v) is 15.6. The Morgan fingerprint density at radius 3 is 2.38 bits per heavy atom. The predicted molar refractivity (Wildman–Crippen MR) is 170 cm³/mol. The molecule has 1 heterocycles. The number of hydrogen-bond donors (Lipinski definition) is 1. The van der Waals surface area contributed by atoms with Gasteiger partial charge in [0, 0.05) is 30.5 Å². The molecule has 3 rings (SSSR count). The van der Waals surface area contributed by atoms with Crippen LogP contribution in [0.15, 0.2) is 42.5 Å². The zero-order valence-electron chi connectivity index (χ0n) is 27.3. The molecule has 1 N–H and O–H groups in total. The molecular weight excluding hydrogens is 576 g/mol. The number of aryl methyl sites for hydroxylation is 1. The number of ketones is 2. The Labute approximate surface area is 265 Å². The molecule has 1 aliphatic heterocycles. The van der Waals surface area contributed by atoms with E-state index in [1.165, 1.54) is 11.8 Å². The van der Waals surface area contributed by atoms with Crippen LogP contribution in [0.5, 0.6) is 11.5 Å². The number of methoxy groups -OCH3 is 2. The summed E-state index contributed by atoms with van der Waals surface area (Å²) in [5, 5.41) is 2.81.